The molecule has 5 atom stereocenters. The molecule has 14 heteroatoms. The number of aromatic nitrogens is 2. The van der Waals surface area contributed by atoms with Crippen molar-refractivity contribution in [1.29, 1.82) is 0 Å². The molecule has 4 rings (SSSR count). The number of hydrogen-bond donors (Lipinski definition) is 1. The maximum Gasteiger partial charge on any atom is 0.475 e. The highest BCUT2D eigenvalue weighted by Crippen LogP contribution is 2.59. The monoisotopic (exact) mass is 569 g/mol. The minimum atomic E-state index is -4.38. The van der Waals surface area contributed by atoms with E-state index in [1.165, 1.54) is 6.07 Å². The number of alkyl halides is 2. The van der Waals surface area contributed by atoms with Crippen LogP contribution in [0.15, 0.2) is 47.4 Å². The van der Waals surface area contributed by atoms with Crippen LogP contribution in [0.4, 0.5) is 14.6 Å². The van der Waals surface area contributed by atoms with Crippen LogP contribution in [-0.2, 0) is 27.7 Å². The van der Waals surface area contributed by atoms with Gasteiger partial charge in [0.25, 0.3) is 5.91 Å². The van der Waals surface area contributed by atoms with Crippen LogP contribution in [0.2, 0.25) is 0 Å². The van der Waals surface area contributed by atoms with Gasteiger partial charge in [0.15, 0.2) is 6.10 Å². The molecule has 1 unspecified atom stereocenters. The Morgan fingerprint density at radius 2 is 1.95 bits per heavy atom. The summed E-state index contributed by atoms with van der Waals surface area (Å²) in [5, 5.41) is 2.43. The molecule has 2 aliphatic rings. The Morgan fingerprint density at radius 3 is 2.62 bits per heavy atom. The van der Waals surface area contributed by atoms with Crippen molar-refractivity contribution < 1.29 is 41.2 Å². The molecule has 212 valence electrons. The Kier molecular flexibility index (Phi) is 8.77. The normalized spacial score (nSPS) is 26.7. The first-order valence-electron chi connectivity index (χ1n) is 12.5. The molecule has 2 fully saturated rings. The molecule has 0 aliphatic carbocycles. The molecule has 1 N–H and O–H groups in total. The van der Waals surface area contributed by atoms with Gasteiger partial charge in [-0.2, -0.15) is 13.8 Å². The van der Waals surface area contributed by atoms with Gasteiger partial charge in [0.2, 0.25) is 6.23 Å². The minimum absolute atomic E-state index is 0.0145. The second-order valence-electron chi connectivity index (χ2n) is 9.88. The molecule has 39 heavy (non-hydrogen) atoms. The van der Waals surface area contributed by atoms with Gasteiger partial charge < -0.3 is 10.1 Å². The van der Waals surface area contributed by atoms with Crippen molar-refractivity contribution >= 4 is 25.3 Å². The zero-order valence-corrected chi connectivity index (χ0v) is 22.5. The van der Waals surface area contributed by atoms with Crippen LogP contribution in [0.5, 0.6) is 0 Å². The van der Waals surface area contributed by atoms with E-state index < -0.39 is 50.4 Å². The smallest absolute Gasteiger partial charge is 0.343 e. The van der Waals surface area contributed by atoms with Gasteiger partial charge in [0.05, 0.1) is 13.2 Å². The molecule has 1 aromatic carbocycles. The summed E-state index contributed by atoms with van der Waals surface area (Å²) in [4.78, 5) is 40.7. The number of carbonyl (C=O) groups excluding carboxylic acids is 2. The summed E-state index contributed by atoms with van der Waals surface area (Å²) in [6, 6.07) is 9.34. The lowest BCUT2D eigenvalue weighted by Gasteiger charge is -2.31. The first kappa shape index (κ1) is 29.2. The molecule has 0 radical (unpaired) electrons. The quantitative estimate of drug-likeness (QED) is 0.418. The van der Waals surface area contributed by atoms with Gasteiger partial charge in [-0.05, 0) is 30.5 Å². The van der Waals surface area contributed by atoms with Crippen LogP contribution < -0.4 is 11.0 Å². The molecule has 2 aliphatic heterocycles. The predicted octanol–water partition coefficient (Wildman–Crippen LogP) is 4.21. The Morgan fingerprint density at radius 1 is 1.23 bits per heavy atom. The summed E-state index contributed by atoms with van der Waals surface area (Å²) in [7, 11) is -4.38. The number of phosphoric ester groups is 1. The standard InChI is InChI=1S/C25H30F2N3O8P/c1-15(2)13-18(31)16(3)10-12-35-39(34)36-14-19-21(38-39)25(26,27)23(37-19)30-11-9-20(29-24(30)33)28-22(32)17-7-5-4-6-8-17/h4-9,11,15-16,19,21,23H,10,12-14H2,1-3H3,(H,28,29,32,33)/t16-,19-,21-,23-,39?/m1/s1. The van der Waals surface area contributed by atoms with Crippen molar-refractivity contribution in [2.24, 2.45) is 11.8 Å². The van der Waals surface area contributed by atoms with Crippen molar-refractivity contribution in [2.45, 2.75) is 58.0 Å². The highest BCUT2D eigenvalue weighted by molar-refractivity contribution is 7.48. The topological polar surface area (TPSA) is 135 Å². The van der Waals surface area contributed by atoms with Crippen molar-refractivity contribution in [3.63, 3.8) is 0 Å². The number of carbonyl (C=O) groups is 2. The lowest BCUT2D eigenvalue weighted by Crippen LogP contribution is -2.45. The van der Waals surface area contributed by atoms with Gasteiger partial charge in [0.1, 0.15) is 17.7 Å². The summed E-state index contributed by atoms with van der Waals surface area (Å²) in [5.74, 6) is -4.66. The Labute approximate surface area is 223 Å². The number of phosphoric acid groups is 1. The van der Waals surface area contributed by atoms with E-state index in [2.05, 4.69) is 10.3 Å². The SMILES string of the molecule is CC(C)CC(=O)[C@H](C)CCOP1(=O)OC[C@H]2O[C@@H](n3ccc(NC(=O)c4ccccc4)nc3=O)C(F)(F)[C@@H]2O1. The molecule has 1 aromatic heterocycles. The second kappa shape index (κ2) is 11.7. The van der Waals surface area contributed by atoms with Gasteiger partial charge in [-0.15, -0.1) is 0 Å². The molecule has 0 saturated carbocycles. The maximum absolute atomic E-state index is 15.4. The van der Waals surface area contributed by atoms with Crippen molar-refractivity contribution in [2.75, 3.05) is 18.5 Å². The summed E-state index contributed by atoms with van der Waals surface area (Å²) in [5.41, 5.74) is -0.789. The molecule has 3 heterocycles. The van der Waals surface area contributed by atoms with E-state index in [4.69, 9.17) is 18.3 Å². The Bertz CT molecular complexity index is 1310. The van der Waals surface area contributed by atoms with Crippen LogP contribution in [0, 0.1) is 11.8 Å². The highest BCUT2D eigenvalue weighted by Gasteiger charge is 2.65. The lowest BCUT2D eigenvalue weighted by molar-refractivity contribution is -0.138. The highest BCUT2D eigenvalue weighted by atomic mass is 31.2. The number of nitrogens with one attached hydrogen (secondary N) is 1. The minimum Gasteiger partial charge on any atom is -0.343 e. The van der Waals surface area contributed by atoms with E-state index in [-0.39, 0.29) is 36.5 Å². The number of fused-ring (bicyclic) bond motifs is 1. The van der Waals surface area contributed by atoms with Crippen LogP contribution in [0.25, 0.3) is 0 Å². The van der Waals surface area contributed by atoms with Gasteiger partial charge in [0, 0.05) is 24.1 Å². The van der Waals surface area contributed by atoms with Gasteiger partial charge in [-0.1, -0.05) is 39.0 Å². The molecular formula is C25H30F2N3O8P. The Hall–Kier alpha value is -2.83. The van der Waals surface area contributed by atoms with Crippen LogP contribution in [0.3, 0.4) is 0 Å². The molecular weight excluding hydrogens is 539 g/mol. The average molecular weight is 569 g/mol. The average Bonchev–Trinajstić information content (AvgIpc) is 3.13. The largest absolute Gasteiger partial charge is 0.475 e. The molecule has 0 bridgehead atoms. The fourth-order valence-corrected chi connectivity index (χ4v) is 5.59. The third-order valence-electron chi connectivity index (χ3n) is 6.31. The number of benzene rings is 1. The molecule has 1 amide bonds. The predicted molar refractivity (Wildman–Crippen MR) is 134 cm³/mol. The number of anilines is 1. The van der Waals surface area contributed by atoms with Crippen molar-refractivity contribution in [1.82, 2.24) is 9.55 Å². The number of hydrogen-bond acceptors (Lipinski definition) is 9. The van der Waals surface area contributed by atoms with E-state index in [0.717, 1.165) is 6.20 Å². The number of amides is 1. The zero-order valence-electron chi connectivity index (χ0n) is 21.6. The number of ether oxygens (including phenoxy) is 1. The van der Waals surface area contributed by atoms with E-state index in [1.54, 1.807) is 37.3 Å². The van der Waals surface area contributed by atoms with Gasteiger partial charge >= 0.3 is 19.4 Å². The summed E-state index contributed by atoms with van der Waals surface area (Å²) < 4.78 is 65.0. The fourth-order valence-electron chi connectivity index (χ4n) is 4.18. The summed E-state index contributed by atoms with van der Waals surface area (Å²) >= 11 is 0. The van der Waals surface area contributed by atoms with Crippen LogP contribution in [-0.4, -0.2) is 52.6 Å². The van der Waals surface area contributed by atoms with Crippen LogP contribution >= 0.6 is 7.82 Å². The lowest BCUT2D eigenvalue weighted by atomic mass is 9.96. The number of Topliss-reactive ketones (excluding diaryl/α,β-unsaturated/α-hetero) is 1. The molecule has 0 spiro atoms. The van der Waals surface area contributed by atoms with E-state index >= 15 is 8.78 Å². The van der Waals surface area contributed by atoms with Crippen molar-refractivity contribution in [3.8, 4) is 0 Å². The van der Waals surface area contributed by atoms with Crippen molar-refractivity contribution in [3.05, 3.63) is 58.6 Å². The molecule has 2 saturated heterocycles. The van der Waals surface area contributed by atoms with E-state index in [0.29, 0.717) is 16.6 Å². The number of ketones is 1. The Balaban J connectivity index is 1.40. The first-order chi connectivity index (χ1) is 18.4. The van der Waals surface area contributed by atoms with E-state index in [9.17, 15) is 18.9 Å². The van der Waals surface area contributed by atoms with Crippen LogP contribution in [0.1, 0.15) is 50.2 Å². The third kappa shape index (κ3) is 6.67. The summed E-state index contributed by atoms with van der Waals surface area (Å²) in [6.07, 6.45) is -3.89. The number of halogens is 2. The molecule has 11 nitrogen and oxygen atoms in total. The summed E-state index contributed by atoms with van der Waals surface area (Å²) in [6.45, 7) is 4.81. The van der Waals surface area contributed by atoms with E-state index in [1.807, 2.05) is 13.8 Å². The number of nitrogens with zero attached hydrogens (tertiary/aromatic N) is 2. The third-order valence-corrected chi connectivity index (χ3v) is 7.76. The number of rotatable bonds is 10. The maximum atomic E-state index is 15.4. The van der Waals surface area contributed by atoms with Gasteiger partial charge in [-0.25, -0.2) is 9.36 Å². The van der Waals surface area contributed by atoms with Gasteiger partial charge in [-0.3, -0.25) is 27.7 Å². The second-order valence-corrected chi connectivity index (χ2v) is 11.5. The zero-order chi connectivity index (χ0) is 28.4. The molecule has 2 aromatic rings. The fraction of sp³-hybridized carbons (Fsp3) is 0.520. The first-order valence-corrected chi connectivity index (χ1v) is 13.9.